The van der Waals surface area contributed by atoms with Crippen LogP contribution in [0.15, 0.2) is 51.8 Å². The van der Waals surface area contributed by atoms with Gasteiger partial charge in [-0.25, -0.2) is 8.42 Å². The molecule has 1 aliphatic rings. The Balaban J connectivity index is 1.80. The molecule has 0 aromatic heterocycles. The van der Waals surface area contributed by atoms with E-state index in [-0.39, 0.29) is 23.1 Å². The summed E-state index contributed by atoms with van der Waals surface area (Å²) in [6.45, 7) is 0.464. The molecule has 0 aliphatic carbocycles. The van der Waals surface area contributed by atoms with Crippen molar-refractivity contribution < 1.29 is 22.7 Å². The van der Waals surface area contributed by atoms with E-state index >= 15 is 0 Å². The lowest BCUT2D eigenvalue weighted by Gasteiger charge is -2.31. The first-order valence-corrected chi connectivity index (χ1v) is 11.4. The number of hydrogen-bond acceptors (Lipinski definition) is 5. The topological polar surface area (TPSA) is 84.9 Å². The van der Waals surface area contributed by atoms with E-state index < -0.39 is 15.9 Å². The van der Waals surface area contributed by atoms with Crippen LogP contribution in [0.4, 0.5) is 5.69 Å². The highest BCUT2D eigenvalue weighted by Crippen LogP contribution is 2.33. The number of nitrogens with one attached hydrogen (secondary N) is 1. The number of ether oxygens (including phenoxy) is 2. The SMILES string of the molecule is COc1ccc(OC)c(S(=O)(=O)N2CCC[C@H](C(=O)Nc3cccc(Br)c3)C2)c1. The maximum Gasteiger partial charge on any atom is 0.246 e. The predicted molar refractivity (Wildman–Crippen MR) is 114 cm³/mol. The maximum absolute atomic E-state index is 13.3. The number of anilines is 1. The number of carbonyl (C=O) groups excluding carboxylic acids is 1. The third-order valence-corrected chi connectivity index (χ3v) is 7.22. The molecule has 3 rings (SSSR count). The van der Waals surface area contributed by atoms with E-state index in [9.17, 15) is 13.2 Å². The fourth-order valence-electron chi connectivity index (χ4n) is 3.31. The van der Waals surface area contributed by atoms with Crippen LogP contribution in [0, 0.1) is 5.92 Å². The molecule has 0 radical (unpaired) electrons. The summed E-state index contributed by atoms with van der Waals surface area (Å²) in [6.07, 6.45) is 1.23. The van der Waals surface area contributed by atoms with Gasteiger partial charge in [-0.1, -0.05) is 22.0 Å². The Bertz CT molecular complexity index is 996. The number of nitrogens with zero attached hydrogens (tertiary/aromatic N) is 1. The van der Waals surface area contributed by atoms with E-state index in [4.69, 9.17) is 9.47 Å². The summed E-state index contributed by atoms with van der Waals surface area (Å²) in [5.41, 5.74) is 0.666. The first kappa shape index (κ1) is 21.6. The number of methoxy groups -OCH3 is 2. The van der Waals surface area contributed by atoms with Gasteiger partial charge < -0.3 is 14.8 Å². The number of halogens is 1. The van der Waals surface area contributed by atoms with Gasteiger partial charge >= 0.3 is 0 Å². The molecule has 1 aliphatic heterocycles. The Morgan fingerprint density at radius 3 is 2.66 bits per heavy atom. The summed E-state index contributed by atoms with van der Waals surface area (Å²) >= 11 is 3.37. The number of rotatable bonds is 6. The van der Waals surface area contributed by atoms with Gasteiger partial charge in [0, 0.05) is 29.3 Å². The molecular formula is C20H23BrN2O5S. The standard InChI is InChI=1S/C20H23BrN2O5S/c1-27-17-8-9-18(28-2)19(12-17)29(25,26)23-10-4-5-14(13-23)20(24)22-16-7-3-6-15(21)11-16/h3,6-9,11-12,14H,4-5,10,13H2,1-2H3,(H,22,24)/t14-/m0/s1. The molecule has 1 heterocycles. The molecule has 7 nitrogen and oxygen atoms in total. The minimum Gasteiger partial charge on any atom is -0.497 e. The van der Waals surface area contributed by atoms with E-state index in [2.05, 4.69) is 21.2 Å². The van der Waals surface area contributed by atoms with Crippen molar-refractivity contribution in [2.45, 2.75) is 17.7 Å². The third kappa shape index (κ3) is 4.91. The number of amides is 1. The van der Waals surface area contributed by atoms with Crippen molar-refractivity contribution in [2.24, 2.45) is 5.92 Å². The van der Waals surface area contributed by atoms with Gasteiger partial charge in [0.05, 0.1) is 20.1 Å². The van der Waals surface area contributed by atoms with Gasteiger partial charge in [0.1, 0.15) is 16.4 Å². The highest BCUT2D eigenvalue weighted by molar-refractivity contribution is 9.10. The van der Waals surface area contributed by atoms with E-state index in [1.807, 2.05) is 12.1 Å². The van der Waals surface area contributed by atoms with Crippen LogP contribution in [-0.2, 0) is 14.8 Å². The van der Waals surface area contributed by atoms with Crippen molar-refractivity contribution in [1.82, 2.24) is 4.31 Å². The lowest BCUT2D eigenvalue weighted by atomic mass is 9.99. The van der Waals surface area contributed by atoms with Crippen LogP contribution in [0.3, 0.4) is 0 Å². The largest absolute Gasteiger partial charge is 0.497 e. The average Bonchev–Trinajstić information content (AvgIpc) is 2.73. The van der Waals surface area contributed by atoms with Crippen molar-refractivity contribution in [3.05, 3.63) is 46.9 Å². The molecule has 1 N–H and O–H groups in total. The van der Waals surface area contributed by atoms with Crippen LogP contribution in [0.1, 0.15) is 12.8 Å². The van der Waals surface area contributed by atoms with Gasteiger partial charge in [0.25, 0.3) is 0 Å². The summed E-state index contributed by atoms with van der Waals surface area (Å²) < 4.78 is 39.1. The highest BCUT2D eigenvalue weighted by Gasteiger charge is 2.35. The van der Waals surface area contributed by atoms with E-state index in [1.54, 1.807) is 24.3 Å². The second kappa shape index (κ2) is 9.15. The summed E-state index contributed by atoms with van der Waals surface area (Å²) in [6, 6.07) is 11.9. The number of hydrogen-bond donors (Lipinski definition) is 1. The molecule has 2 aromatic carbocycles. The molecule has 1 amide bonds. The number of carbonyl (C=O) groups is 1. The molecule has 29 heavy (non-hydrogen) atoms. The zero-order valence-corrected chi connectivity index (χ0v) is 18.6. The summed E-state index contributed by atoms with van der Waals surface area (Å²) in [5.74, 6) is 0.0339. The molecule has 1 fully saturated rings. The van der Waals surface area contributed by atoms with Gasteiger partial charge in [0.2, 0.25) is 15.9 Å². The number of piperidine rings is 1. The first-order valence-electron chi connectivity index (χ1n) is 9.13. The minimum atomic E-state index is -3.84. The van der Waals surface area contributed by atoms with Crippen LogP contribution < -0.4 is 14.8 Å². The first-order chi connectivity index (χ1) is 13.8. The zero-order valence-electron chi connectivity index (χ0n) is 16.2. The maximum atomic E-state index is 13.3. The molecule has 0 bridgehead atoms. The molecule has 0 saturated carbocycles. The molecule has 0 unspecified atom stereocenters. The average molecular weight is 483 g/mol. The predicted octanol–water partition coefficient (Wildman–Crippen LogP) is 3.51. The number of benzene rings is 2. The lowest BCUT2D eigenvalue weighted by molar-refractivity contribution is -0.120. The molecule has 1 saturated heterocycles. The molecule has 2 aromatic rings. The smallest absolute Gasteiger partial charge is 0.246 e. The third-order valence-electron chi connectivity index (χ3n) is 4.84. The Morgan fingerprint density at radius 2 is 1.97 bits per heavy atom. The summed E-state index contributed by atoms with van der Waals surface area (Å²) in [5, 5.41) is 2.87. The van der Waals surface area contributed by atoms with E-state index in [0.717, 1.165) is 4.47 Å². The molecule has 0 spiro atoms. The van der Waals surface area contributed by atoms with E-state index in [1.165, 1.54) is 24.6 Å². The highest BCUT2D eigenvalue weighted by atomic mass is 79.9. The molecule has 156 valence electrons. The second-order valence-electron chi connectivity index (χ2n) is 6.72. The van der Waals surface area contributed by atoms with Crippen molar-refractivity contribution in [3.63, 3.8) is 0 Å². The summed E-state index contributed by atoms with van der Waals surface area (Å²) in [4.78, 5) is 12.8. The van der Waals surface area contributed by atoms with Crippen LogP contribution in [0.25, 0.3) is 0 Å². The molecule has 9 heteroatoms. The van der Waals surface area contributed by atoms with Gasteiger partial charge in [-0.05, 0) is 43.2 Å². The molecule has 1 atom stereocenters. The number of sulfonamides is 1. The Kier molecular flexibility index (Phi) is 6.81. The Morgan fingerprint density at radius 1 is 1.17 bits per heavy atom. The van der Waals surface area contributed by atoms with E-state index in [0.29, 0.717) is 30.8 Å². The quantitative estimate of drug-likeness (QED) is 0.680. The van der Waals surface area contributed by atoms with Crippen molar-refractivity contribution in [3.8, 4) is 11.5 Å². The monoisotopic (exact) mass is 482 g/mol. The van der Waals surface area contributed by atoms with Gasteiger partial charge in [-0.2, -0.15) is 4.31 Å². The van der Waals surface area contributed by atoms with Crippen molar-refractivity contribution >= 4 is 37.5 Å². The normalized spacial score (nSPS) is 17.6. The van der Waals surface area contributed by atoms with Crippen LogP contribution in [0.2, 0.25) is 0 Å². The van der Waals surface area contributed by atoms with Crippen molar-refractivity contribution in [1.29, 1.82) is 0 Å². The summed E-state index contributed by atoms with van der Waals surface area (Å²) in [7, 11) is -0.947. The van der Waals surface area contributed by atoms with Crippen LogP contribution >= 0.6 is 15.9 Å². The fraction of sp³-hybridized carbons (Fsp3) is 0.350. The Labute approximate surface area is 179 Å². The minimum absolute atomic E-state index is 0.0346. The van der Waals surface area contributed by atoms with Gasteiger partial charge in [-0.3, -0.25) is 4.79 Å². The van der Waals surface area contributed by atoms with Gasteiger partial charge in [0.15, 0.2) is 0 Å². The van der Waals surface area contributed by atoms with Crippen LogP contribution in [0.5, 0.6) is 11.5 Å². The van der Waals surface area contributed by atoms with Crippen molar-refractivity contribution in [2.75, 3.05) is 32.6 Å². The van der Waals surface area contributed by atoms with Crippen LogP contribution in [-0.4, -0.2) is 45.9 Å². The Hall–Kier alpha value is -2.10. The lowest BCUT2D eigenvalue weighted by Crippen LogP contribution is -2.43. The molecular weight excluding hydrogens is 460 g/mol. The van der Waals surface area contributed by atoms with Gasteiger partial charge in [-0.15, -0.1) is 0 Å². The zero-order chi connectivity index (χ0) is 21.0. The fourth-order valence-corrected chi connectivity index (χ4v) is 5.40. The second-order valence-corrected chi connectivity index (χ2v) is 9.54.